The summed E-state index contributed by atoms with van der Waals surface area (Å²) in [6.07, 6.45) is 0.352. The number of aromatic amines is 1. The summed E-state index contributed by atoms with van der Waals surface area (Å²) in [6, 6.07) is 13.1. The number of hydrogen-bond acceptors (Lipinski definition) is 6. The number of methoxy groups -OCH3 is 2. The van der Waals surface area contributed by atoms with Crippen molar-refractivity contribution < 1.29 is 14.3 Å². The molecule has 2 aromatic carbocycles. The predicted molar refractivity (Wildman–Crippen MR) is 100.0 cm³/mol. The molecule has 0 aliphatic rings. The van der Waals surface area contributed by atoms with Crippen LogP contribution >= 0.6 is 0 Å². The van der Waals surface area contributed by atoms with Crippen LogP contribution in [0, 0.1) is 6.92 Å². The number of amides is 1. The van der Waals surface area contributed by atoms with Gasteiger partial charge < -0.3 is 14.8 Å². The Hall–Kier alpha value is -3.42. The number of tetrazole rings is 1. The van der Waals surface area contributed by atoms with Crippen LogP contribution in [0.4, 0.5) is 5.69 Å². The van der Waals surface area contributed by atoms with Crippen molar-refractivity contribution in [3.05, 3.63) is 59.4 Å². The van der Waals surface area contributed by atoms with Crippen molar-refractivity contribution >= 4 is 11.6 Å². The first-order valence-corrected chi connectivity index (χ1v) is 8.43. The number of nitrogens with zero attached hydrogens (tertiary/aromatic N) is 3. The number of nitrogens with one attached hydrogen (secondary N) is 2. The first kappa shape index (κ1) is 18.4. The average Bonchev–Trinajstić information content (AvgIpc) is 3.22. The van der Waals surface area contributed by atoms with E-state index >= 15 is 0 Å². The molecule has 1 atom stereocenters. The number of carbonyl (C=O) groups is 1. The predicted octanol–water partition coefficient (Wildman–Crippen LogP) is 2.49. The highest BCUT2D eigenvalue weighted by Crippen LogP contribution is 2.29. The van der Waals surface area contributed by atoms with Crippen LogP contribution in [0.1, 0.15) is 22.9 Å². The molecule has 0 saturated carbocycles. The summed E-state index contributed by atoms with van der Waals surface area (Å²) in [6.45, 7) is 1.94. The van der Waals surface area contributed by atoms with Gasteiger partial charge in [-0.3, -0.25) is 4.79 Å². The maximum Gasteiger partial charge on any atom is 0.235 e. The van der Waals surface area contributed by atoms with E-state index in [4.69, 9.17) is 9.47 Å². The zero-order valence-corrected chi connectivity index (χ0v) is 15.4. The molecule has 0 radical (unpaired) electrons. The fourth-order valence-electron chi connectivity index (χ4n) is 2.79. The van der Waals surface area contributed by atoms with Crippen LogP contribution in [0.15, 0.2) is 42.5 Å². The maximum atomic E-state index is 13.0. The molecule has 140 valence electrons. The van der Waals surface area contributed by atoms with Crippen molar-refractivity contribution in [2.45, 2.75) is 19.3 Å². The quantitative estimate of drug-likeness (QED) is 0.665. The van der Waals surface area contributed by atoms with Crippen molar-refractivity contribution in [2.24, 2.45) is 0 Å². The topological polar surface area (TPSA) is 102 Å². The highest BCUT2D eigenvalue weighted by molar-refractivity contribution is 5.96. The van der Waals surface area contributed by atoms with Crippen LogP contribution in [0.5, 0.6) is 11.5 Å². The second kappa shape index (κ2) is 8.31. The van der Waals surface area contributed by atoms with E-state index in [1.807, 2.05) is 43.3 Å². The monoisotopic (exact) mass is 367 g/mol. The van der Waals surface area contributed by atoms with Crippen LogP contribution in [0.25, 0.3) is 0 Å². The molecule has 0 bridgehead atoms. The zero-order valence-electron chi connectivity index (χ0n) is 15.4. The van der Waals surface area contributed by atoms with Gasteiger partial charge in [-0.1, -0.05) is 29.5 Å². The van der Waals surface area contributed by atoms with Crippen LogP contribution in [-0.2, 0) is 11.2 Å². The highest BCUT2D eigenvalue weighted by Gasteiger charge is 2.27. The third-order valence-electron chi connectivity index (χ3n) is 4.31. The molecule has 8 heteroatoms. The molecular weight excluding hydrogens is 346 g/mol. The van der Waals surface area contributed by atoms with Gasteiger partial charge in [0.1, 0.15) is 17.4 Å². The molecule has 1 aromatic heterocycles. The number of para-hydroxylation sites is 1. The average molecular weight is 367 g/mol. The Morgan fingerprint density at radius 3 is 2.67 bits per heavy atom. The molecule has 0 fully saturated rings. The van der Waals surface area contributed by atoms with E-state index in [-0.39, 0.29) is 5.91 Å². The maximum absolute atomic E-state index is 13.0. The molecule has 0 aliphatic carbocycles. The van der Waals surface area contributed by atoms with E-state index in [1.54, 1.807) is 20.3 Å². The molecule has 0 saturated heterocycles. The summed E-state index contributed by atoms with van der Waals surface area (Å²) >= 11 is 0. The van der Waals surface area contributed by atoms with E-state index in [0.717, 1.165) is 16.8 Å². The molecule has 3 aromatic rings. The fraction of sp³-hybridized carbons (Fsp3) is 0.263. The number of hydrogen-bond donors (Lipinski definition) is 2. The minimum absolute atomic E-state index is 0.219. The highest BCUT2D eigenvalue weighted by atomic mass is 16.5. The van der Waals surface area contributed by atoms with Crippen molar-refractivity contribution in [1.82, 2.24) is 20.6 Å². The standard InChI is InChI=1S/C19H21N5O3/c1-12-6-4-5-7-16(12)20-19(25)15(18-21-23-24-22-18)10-13-8-9-14(26-2)11-17(13)27-3/h4-9,11,15H,10H2,1-3H3,(H,20,25)(H,21,22,23,24). The first-order valence-electron chi connectivity index (χ1n) is 8.43. The van der Waals surface area contributed by atoms with E-state index in [0.29, 0.717) is 23.7 Å². The molecular formula is C19H21N5O3. The Labute approximate surface area is 156 Å². The third kappa shape index (κ3) is 4.22. The molecule has 2 N–H and O–H groups in total. The second-order valence-electron chi connectivity index (χ2n) is 6.01. The lowest BCUT2D eigenvalue weighted by Gasteiger charge is -2.17. The molecule has 0 spiro atoms. The molecule has 1 amide bonds. The Morgan fingerprint density at radius 2 is 2.00 bits per heavy atom. The lowest BCUT2D eigenvalue weighted by atomic mass is 9.96. The Kier molecular flexibility index (Phi) is 5.65. The van der Waals surface area contributed by atoms with Crippen molar-refractivity contribution in [2.75, 3.05) is 19.5 Å². The van der Waals surface area contributed by atoms with Crippen LogP contribution in [0.3, 0.4) is 0 Å². The summed E-state index contributed by atoms with van der Waals surface area (Å²) in [5.74, 6) is 0.774. The SMILES string of the molecule is COc1ccc(CC(C(=O)Nc2ccccc2C)c2nn[nH]n2)c(OC)c1. The van der Waals surface area contributed by atoms with Gasteiger partial charge in [-0.15, -0.1) is 10.2 Å². The summed E-state index contributed by atoms with van der Waals surface area (Å²) in [5.41, 5.74) is 2.56. The summed E-state index contributed by atoms with van der Waals surface area (Å²) < 4.78 is 10.7. The number of aryl methyl sites for hydroxylation is 1. The van der Waals surface area contributed by atoms with Gasteiger partial charge in [-0.05, 0) is 36.6 Å². The van der Waals surface area contributed by atoms with Crippen molar-refractivity contribution in [3.8, 4) is 11.5 Å². The Balaban J connectivity index is 1.89. The van der Waals surface area contributed by atoms with Gasteiger partial charge in [0.25, 0.3) is 0 Å². The van der Waals surface area contributed by atoms with Gasteiger partial charge in [0.2, 0.25) is 5.91 Å². The lowest BCUT2D eigenvalue weighted by molar-refractivity contribution is -0.117. The minimum atomic E-state index is -0.634. The lowest BCUT2D eigenvalue weighted by Crippen LogP contribution is -2.24. The number of benzene rings is 2. The van der Waals surface area contributed by atoms with Crippen LogP contribution in [-0.4, -0.2) is 40.8 Å². The number of rotatable bonds is 7. The van der Waals surface area contributed by atoms with Gasteiger partial charge in [-0.25, -0.2) is 0 Å². The largest absolute Gasteiger partial charge is 0.497 e. The molecule has 3 rings (SSSR count). The number of anilines is 1. The first-order chi connectivity index (χ1) is 13.1. The smallest absolute Gasteiger partial charge is 0.235 e. The van der Waals surface area contributed by atoms with Gasteiger partial charge in [0.15, 0.2) is 5.82 Å². The fourth-order valence-corrected chi connectivity index (χ4v) is 2.79. The molecule has 1 heterocycles. The van der Waals surface area contributed by atoms with E-state index in [2.05, 4.69) is 25.9 Å². The number of ether oxygens (including phenoxy) is 2. The van der Waals surface area contributed by atoms with Crippen LogP contribution < -0.4 is 14.8 Å². The van der Waals surface area contributed by atoms with Gasteiger partial charge in [-0.2, -0.15) is 5.21 Å². The molecule has 27 heavy (non-hydrogen) atoms. The number of H-pyrrole nitrogens is 1. The summed E-state index contributed by atoms with van der Waals surface area (Å²) in [5, 5.41) is 17.0. The zero-order chi connectivity index (χ0) is 19.2. The third-order valence-corrected chi connectivity index (χ3v) is 4.31. The second-order valence-corrected chi connectivity index (χ2v) is 6.01. The van der Waals surface area contributed by atoms with Gasteiger partial charge >= 0.3 is 0 Å². The Morgan fingerprint density at radius 1 is 1.19 bits per heavy atom. The molecule has 8 nitrogen and oxygen atoms in total. The minimum Gasteiger partial charge on any atom is -0.497 e. The van der Waals surface area contributed by atoms with Crippen molar-refractivity contribution in [3.63, 3.8) is 0 Å². The van der Waals surface area contributed by atoms with Crippen LogP contribution in [0.2, 0.25) is 0 Å². The van der Waals surface area contributed by atoms with E-state index < -0.39 is 5.92 Å². The number of carbonyl (C=O) groups excluding carboxylic acids is 1. The number of aromatic nitrogens is 4. The van der Waals surface area contributed by atoms with Crippen molar-refractivity contribution in [1.29, 1.82) is 0 Å². The van der Waals surface area contributed by atoms with E-state index in [1.165, 1.54) is 0 Å². The van der Waals surface area contributed by atoms with Gasteiger partial charge in [0, 0.05) is 11.8 Å². The van der Waals surface area contributed by atoms with E-state index in [9.17, 15) is 4.79 Å². The normalized spacial score (nSPS) is 11.7. The molecule has 1 unspecified atom stereocenters. The summed E-state index contributed by atoms with van der Waals surface area (Å²) in [4.78, 5) is 13.0. The Bertz CT molecular complexity index is 911. The summed E-state index contributed by atoms with van der Waals surface area (Å²) in [7, 11) is 3.17. The van der Waals surface area contributed by atoms with Gasteiger partial charge in [0.05, 0.1) is 14.2 Å². The molecule has 0 aliphatic heterocycles.